The van der Waals surface area contributed by atoms with Crippen LogP contribution >= 0.6 is 0 Å². The predicted molar refractivity (Wildman–Crippen MR) is 289 cm³/mol. The second-order valence-electron chi connectivity index (χ2n) is 19.1. The van der Waals surface area contributed by atoms with Gasteiger partial charge in [0.15, 0.2) is 0 Å². The topological polar surface area (TPSA) is 34.0 Å². The molecule has 1 aliphatic heterocycles. The van der Waals surface area contributed by atoms with Crippen LogP contribution in [0, 0.1) is 0 Å². The van der Waals surface area contributed by atoms with Crippen molar-refractivity contribution in [2.24, 2.45) is 0 Å². The van der Waals surface area contributed by atoms with Crippen LogP contribution in [-0.4, -0.2) is 21.2 Å². The first-order valence-electron chi connectivity index (χ1n) is 24.5. The highest BCUT2D eigenvalue weighted by Gasteiger charge is 2.51. The lowest BCUT2D eigenvalue weighted by Crippen LogP contribution is -2.57. The van der Waals surface area contributed by atoms with Gasteiger partial charge in [0.1, 0.15) is 0 Å². The van der Waals surface area contributed by atoms with Gasteiger partial charge >= 0.3 is 0 Å². The maximum atomic E-state index is 5.71. The molecule has 0 atom stereocenters. The van der Waals surface area contributed by atoms with Crippen LogP contribution < -0.4 is 21.3 Å². The summed E-state index contributed by atoms with van der Waals surface area (Å²) in [6.45, 7) is -0.0110. The van der Waals surface area contributed by atoms with Crippen LogP contribution in [-0.2, 0) is 11.8 Å². The summed E-state index contributed by atoms with van der Waals surface area (Å²) in [5.74, 6) is 0.634. The van der Waals surface area contributed by atoms with Crippen LogP contribution in [0.4, 0.5) is 17.3 Å². The van der Waals surface area contributed by atoms with Gasteiger partial charge in [-0.15, -0.1) is 0 Å². The van der Waals surface area contributed by atoms with Crippen LogP contribution in [0.2, 0.25) is 0 Å². The summed E-state index contributed by atoms with van der Waals surface area (Å²) < 4.78 is 2.49. The number of benzene rings is 9. The van der Waals surface area contributed by atoms with Crippen molar-refractivity contribution in [1.29, 1.82) is 0 Å². The third-order valence-electron chi connectivity index (χ3n) is 15.6. The Labute approximate surface area is 407 Å². The summed E-state index contributed by atoms with van der Waals surface area (Å²) in [5.41, 5.74) is 24.7. The lowest BCUT2D eigenvalue weighted by atomic mass is 9.35. The van der Waals surface area contributed by atoms with Gasteiger partial charge in [0.05, 0.1) is 22.3 Å². The fourth-order valence-corrected chi connectivity index (χ4v) is 12.7. The molecular formula is C65H43BN4. The molecule has 0 unspecified atom stereocenters. The van der Waals surface area contributed by atoms with Crippen molar-refractivity contribution < 1.29 is 0 Å². The zero-order valence-electron chi connectivity index (χ0n) is 38.3. The van der Waals surface area contributed by atoms with E-state index in [0.717, 1.165) is 46.7 Å². The van der Waals surface area contributed by atoms with Crippen molar-refractivity contribution in [2.75, 3.05) is 4.90 Å². The van der Waals surface area contributed by atoms with Gasteiger partial charge in [0, 0.05) is 44.8 Å². The standard InChI is InChI=1S/C65H43BN4/c1-4-20-42(21-5-1)58-40-59(43-36-37-55-50(38-43)48-28-12-16-32-54(48)65(55)52-30-14-10-26-46(52)47-27-11-15-31-53(47)65)68-64(67-58)70-61-35-19-17-33-56(61)66(44-22-6-2-7-23-44)57-39-51-49-29-13-18-34-60(49)69(62(51)41-63(57)70)45-24-8-3-9-25-45/h1-17,19-33,35-41H,18,34H2. The zero-order valence-corrected chi connectivity index (χ0v) is 38.3. The minimum atomic E-state index is -0.419. The number of anilines is 3. The van der Waals surface area contributed by atoms with Crippen molar-refractivity contribution in [3.05, 3.63) is 264 Å². The van der Waals surface area contributed by atoms with E-state index in [2.05, 4.69) is 246 Å². The molecule has 0 saturated heterocycles. The monoisotopic (exact) mass is 890 g/mol. The van der Waals surface area contributed by atoms with Gasteiger partial charge in [0.2, 0.25) is 12.7 Å². The Kier molecular flexibility index (Phi) is 8.46. The van der Waals surface area contributed by atoms with Gasteiger partial charge in [-0.2, -0.15) is 0 Å². The summed E-state index contributed by atoms with van der Waals surface area (Å²) >= 11 is 0. The number of para-hydroxylation sites is 2. The number of hydrogen-bond acceptors (Lipinski definition) is 3. The van der Waals surface area contributed by atoms with Crippen molar-refractivity contribution in [2.45, 2.75) is 18.3 Å². The first-order chi connectivity index (χ1) is 34.7. The number of aromatic nitrogens is 3. The number of fused-ring (bicyclic) bond motifs is 15. The van der Waals surface area contributed by atoms with Crippen LogP contribution in [0.5, 0.6) is 0 Å². The molecule has 0 saturated carbocycles. The normalized spacial score (nSPS) is 14.2. The van der Waals surface area contributed by atoms with E-state index in [-0.39, 0.29) is 6.71 Å². The molecule has 0 N–H and O–H groups in total. The van der Waals surface area contributed by atoms with Gasteiger partial charge in [-0.25, -0.2) is 9.97 Å². The molecule has 70 heavy (non-hydrogen) atoms. The predicted octanol–water partition coefficient (Wildman–Crippen LogP) is 13.4. The van der Waals surface area contributed by atoms with Crippen molar-refractivity contribution in [3.8, 4) is 50.5 Å². The molecule has 3 heterocycles. The minimum Gasteiger partial charge on any atom is -0.313 e. The Morgan fingerprint density at radius 1 is 0.457 bits per heavy atom. The largest absolute Gasteiger partial charge is 0.313 e. The summed E-state index contributed by atoms with van der Waals surface area (Å²) in [6, 6.07) is 82.5. The molecule has 4 nitrogen and oxygen atoms in total. The van der Waals surface area contributed by atoms with E-state index in [1.54, 1.807) is 0 Å². The first kappa shape index (κ1) is 39.2. The number of nitrogens with zero attached hydrogens (tertiary/aromatic N) is 4. The van der Waals surface area contributed by atoms with Gasteiger partial charge in [-0.3, -0.25) is 4.90 Å². The average Bonchev–Trinajstić information content (AvgIpc) is 4.03. The summed E-state index contributed by atoms with van der Waals surface area (Å²) in [6.07, 6.45) is 6.67. The quantitative estimate of drug-likeness (QED) is 0.161. The molecule has 1 spiro atoms. The molecule has 4 aliphatic rings. The van der Waals surface area contributed by atoms with E-state index < -0.39 is 5.41 Å². The Morgan fingerprint density at radius 2 is 1.04 bits per heavy atom. The smallest absolute Gasteiger partial charge is 0.246 e. The van der Waals surface area contributed by atoms with E-state index in [4.69, 9.17) is 9.97 Å². The zero-order chi connectivity index (χ0) is 45.9. The molecule has 0 bridgehead atoms. The van der Waals surface area contributed by atoms with Crippen molar-refractivity contribution in [3.63, 3.8) is 0 Å². The molecule has 15 rings (SSSR count). The van der Waals surface area contributed by atoms with E-state index >= 15 is 0 Å². The number of allylic oxidation sites excluding steroid dienone is 1. The van der Waals surface area contributed by atoms with E-state index in [1.807, 2.05) is 0 Å². The van der Waals surface area contributed by atoms with Crippen LogP contribution in [0.3, 0.4) is 0 Å². The highest BCUT2D eigenvalue weighted by molar-refractivity contribution is 6.98. The molecule has 3 aliphatic carbocycles. The number of hydrogen-bond donors (Lipinski definition) is 0. The highest BCUT2D eigenvalue weighted by atomic mass is 15.3. The van der Waals surface area contributed by atoms with Crippen molar-refractivity contribution in [1.82, 2.24) is 14.5 Å². The van der Waals surface area contributed by atoms with E-state index in [0.29, 0.717) is 5.95 Å². The maximum Gasteiger partial charge on any atom is 0.246 e. The van der Waals surface area contributed by atoms with Crippen LogP contribution in [0.25, 0.3) is 67.4 Å². The average molecular weight is 891 g/mol. The van der Waals surface area contributed by atoms with E-state index in [1.165, 1.54) is 88.7 Å². The third-order valence-corrected chi connectivity index (χ3v) is 15.6. The summed E-state index contributed by atoms with van der Waals surface area (Å²) in [5, 5.41) is 1.26. The van der Waals surface area contributed by atoms with Gasteiger partial charge in [-0.05, 0) is 105 Å². The fourth-order valence-electron chi connectivity index (χ4n) is 12.7. The summed E-state index contributed by atoms with van der Waals surface area (Å²) in [4.78, 5) is 13.6. The second-order valence-corrected chi connectivity index (χ2v) is 19.1. The van der Waals surface area contributed by atoms with Crippen molar-refractivity contribution >= 4 is 57.4 Å². The Morgan fingerprint density at radius 3 is 1.76 bits per heavy atom. The number of rotatable bonds is 5. The van der Waals surface area contributed by atoms with Gasteiger partial charge in [-0.1, -0.05) is 206 Å². The molecule has 0 amide bonds. The maximum absolute atomic E-state index is 5.71. The van der Waals surface area contributed by atoms with Crippen LogP contribution in [0.15, 0.2) is 231 Å². The second kappa shape index (κ2) is 15.1. The molecule has 0 radical (unpaired) electrons. The molecule has 5 heteroatoms. The molecule has 9 aromatic carbocycles. The van der Waals surface area contributed by atoms with Gasteiger partial charge in [0.25, 0.3) is 0 Å². The van der Waals surface area contributed by atoms with E-state index in [9.17, 15) is 0 Å². The highest BCUT2D eigenvalue weighted by Crippen LogP contribution is 2.63. The lowest BCUT2D eigenvalue weighted by Gasteiger charge is -2.36. The minimum absolute atomic E-state index is 0.0110. The fraction of sp³-hybridized carbons (Fsp3) is 0.0462. The molecular weight excluding hydrogens is 848 g/mol. The summed E-state index contributed by atoms with van der Waals surface area (Å²) in [7, 11) is 0. The first-order valence-corrected chi connectivity index (χ1v) is 24.5. The van der Waals surface area contributed by atoms with Gasteiger partial charge < -0.3 is 4.57 Å². The van der Waals surface area contributed by atoms with Crippen LogP contribution in [0.1, 0.15) is 39.9 Å². The molecule has 2 aromatic heterocycles. The third kappa shape index (κ3) is 5.49. The Bertz CT molecular complexity index is 3920. The molecule has 0 fully saturated rings. The Hall–Kier alpha value is -8.80. The Balaban J connectivity index is 0.987. The molecule has 11 aromatic rings. The SMILES string of the molecule is C1=Cc2c(n(-c3ccccc3)c3cc4c(cc23)B(c2ccccc2)c2ccccc2N4c2nc(-c3ccccc3)cc(-c3ccc4c(c3)-c3ccccc3C43c4ccccc4-c4ccccc43)n2)CC1. The lowest BCUT2D eigenvalue weighted by molar-refractivity contribution is 0.794. The molecule has 326 valence electrons.